The number of urea groups is 1. The van der Waals surface area contributed by atoms with Crippen molar-refractivity contribution in [3.05, 3.63) is 65.7 Å². The van der Waals surface area contributed by atoms with E-state index < -0.39 is 18.0 Å². The SMILES string of the molecule is CN(Cc1ccccc1N1CCOCC1)C(C(=O)NC(N)=O)c1ccccc1. The summed E-state index contributed by atoms with van der Waals surface area (Å²) in [6.45, 7) is 3.63. The molecule has 1 atom stereocenters. The Morgan fingerprint density at radius 2 is 1.75 bits per heavy atom. The third kappa shape index (κ3) is 4.88. The summed E-state index contributed by atoms with van der Waals surface area (Å²) in [6.07, 6.45) is 0. The second-order valence-electron chi connectivity index (χ2n) is 6.81. The molecule has 1 unspecified atom stereocenters. The van der Waals surface area contributed by atoms with E-state index in [1.807, 2.05) is 54.4 Å². The van der Waals surface area contributed by atoms with E-state index in [0.717, 1.165) is 29.9 Å². The highest BCUT2D eigenvalue weighted by atomic mass is 16.5. The molecule has 3 rings (SSSR count). The van der Waals surface area contributed by atoms with Crippen LogP contribution in [0.3, 0.4) is 0 Å². The van der Waals surface area contributed by atoms with Crippen molar-refractivity contribution in [2.24, 2.45) is 5.73 Å². The second kappa shape index (κ2) is 9.34. The molecule has 3 amide bonds. The Hall–Kier alpha value is -2.90. The van der Waals surface area contributed by atoms with Gasteiger partial charge in [0.15, 0.2) is 0 Å². The van der Waals surface area contributed by atoms with Gasteiger partial charge in [-0.2, -0.15) is 0 Å². The van der Waals surface area contributed by atoms with Crippen LogP contribution in [0.25, 0.3) is 0 Å². The van der Waals surface area contributed by atoms with E-state index in [9.17, 15) is 9.59 Å². The molecule has 28 heavy (non-hydrogen) atoms. The fourth-order valence-electron chi connectivity index (χ4n) is 3.55. The maximum atomic E-state index is 12.7. The molecular formula is C21H26N4O3. The lowest BCUT2D eigenvalue weighted by atomic mass is 10.0. The monoisotopic (exact) mass is 382 g/mol. The first-order valence-corrected chi connectivity index (χ1v) is 9.32. The fraction of sp³-hybridized carbons (Fsp3) is 0.333. The number of hydrogen-bond acceptors (Lipinski definition) is 5. The van der Waals surface area contributed by atoms with E-state index in [2.05, 4.69) is 22.3 Å². The predicted octanol–water partition coefficient (Wildman–Crippen LogP) is 1.89. The van der Waals surface area contributed by atoms with Crippen molar-refractivity contribution in [3.63, 3.8) is 0 Å². The van der Waals surface area contributed by atoms with Crippen LogP contribution in [0.15, 0.2) is 54.6 Å². The molecule has 2 aromatic rings. The quantitative estimate of drug-likeness (QED) is 0.797. The van der Waals surface area contributed by atoms with E-state index in [1.54, 1.807) is 0 Å². The van der Waals surface area contributed by atoms with Gasteiger partial charge >= 0.3 is 6.03 Å². The number of nitrogens with zero attached hydrogens (tertiary/aromatic N) is 2. The van der Waals surface area contributed by atoms with Crippen LogP contribution in [-0.4, -0.2) is 50.2 Å². The first-order chi connectivity index (χ1) is 13.6. The summed E-state index contributed by atoms with van der Waals surface area (Å²) >= 11 is 0. The average molecular weight is 382 g/mol. The van der Waals surface area contributed by atoms with Crippen molar-refractivity contribution in [2.45, 2.75) is 12.6 Å². The number of para-hydroxylation sites is 1. The normalized spacial score (nSPS) is 15.3. The van der Waals surface area contributed by atoms with Crippen LogP contribution < -0.4 is 16.0 Å². The maximum absolute atomic E-state index is 12.7. The van der Waals surface area contributed by atoms with Gasteiger partial charge in [0.25, 0.3) is 0 Å². The van der Waals surface area contributed by atoms with Crippen LogP contribution in [-0.2, 0) is 16.1 Å². The number of carbonyl (C=O) groups is 2. The molecule has 0 aliphatic carbocycles. The van der Waals surface area contributed by atoms with Gasteiger partial charge in [-0.05, 0) is 24.2 Å². The zero-order valence-corrected chi connectivity index (χ0v) is 16.0. The molecule has 1 saturated heterocycles. The number of ether oxygens (including phenoxy) is 1. The summed E-state index contributed by atoms with van der Waals surface area (Å²) < 4.78 is 5.46. The lowest BCUT2D eigenvalue weighted by Gasteiger charge is -2.33. The fourth-order valence-corrected chi connectivity index (χ4v) is 3.55. The third-order valence-electron chi connectivity index (χ3n) is 4.81. The molecule has 0 saturated carbocycles. The molecule has 1 aliphatic heterocycles. The summed E-state index contributed by atoms with van der Waals surface area (Å²) in [5, 5.41) is 2.22. The Balaban J connectivity index is 1.85. The lowest BCUT2D eigenvalue weighted by molar-refractivity contribution is -0.125. The summed E-state index contributed by atoms with van der Waals surface area (Å²) in [6, 6.07) is 16.1. The highest BCUT2D eigenvalue weighted by molar-refractivity contribution is 5.96. The molecule has 0 aromatic heterocycles. The Bertz CT molecular complexity index is 806. The van der Waals surface area contributed by atoms with Gasteiger partial charge in [-0.25, -0.2) is 4.79 Å². The zero-order valence-electron chi connectivity index (χ0n) is 16.0. The zero-order chi connectivity index (χ0) is 19.9. The molecule has 1 fully saturated rings. The number of nitrogens with one attached hydrogen (secondary N) is 1. The number of rotatable bonds is 6. The van der Waals surface area contributed by atoms with E-state index in [1.165, 1.54) is 0 Å². The predicted molar refractivity (Wildman–Crippen MR) is 108 cm³/mol. The number of imide groups is 1. The Labute approximate surface area is 165 Å². The minimum Gasteiger partial charge on any atom is -0.378 e. The van der Waals surface area contributed by atoms with Gasteiger partial charge in [0, 0.05) is 25.3 Å². The van der Waals surface area contributed by atoms with E-state index in [4.69, 9.17) is 10.5 Å². The van der Waals surface area contributed by atoms with Crippen molar-refractivity contribution in [1.29, 1.82) is 0 Å². The average Bonchev–Trinajstić information content (AvgIpc) is 2.69. The number of anilines is 1. The highest BCUT2D eigenvalue weighted by Gasteiger charge is 2.27. The number of likely N-dealkylation sites (N-methyl/N-ethyl adjacent to an activating group) is 1. The van der Waals surface area contributed by atoms with Crippen molar-refractivity contribution in [2.75, 3.05) is 38.3 Å². The number of amides is 3. The van der Waals surface area contributed by atoms with Crippen molar-refractivity contribution < 1.29 is 14.3 Å². The number of nitrogens with two attached hydrogens (primary N) is 1. The molecule has 148 valence electrons. The van der Waals surface area contributed by atoms with Gasteiger partial charge in [0.1, 0.15) is 6.04 Å². The van der Waals surface area contributed by atoms with Crippen LogP contribution in [0.2, 0.25) is 0 Å². The van der Waals surface area contributed by atoms with Crippen molar-refractivity contribution >= 4 is 17.6 Å². The Morgan fingerprint density at radius 3 is 2.43 bits per heavy atom. The molecule has 1 heterocycles. The van der Waals surface area contributed by atoms with Gasteiger partial charge in [0.2, 0.25) is 5.91 Å². The maximum Gasteiger partial charge on any atom is 0.318 e. The molecule has 7 heteroatoms. The minimum atomic E-state index is -0.854. The molecule has 3 N–H and O–H groups in total. The highest BCUT2D eigenvalue weighted by Crippen LogP contribution is 2.27. The third-order valence-corrected chi connectivity index (χ3v) is 4.81. The van der Waals surface area contributed by atoms with Crippen LogP contribution in [0.5, 0.6) is 0 Å². The van der Waals surface area contributed by atoms with Gasteiger partial charge < -0.3 is 15.4 Å². The molecule has 7 nitrogen and oxygen atoms in total. The van der Waals surface area contributed by atoms with E-state index in [0.29, 0.717) is 19.8 Å². The number of carbonyl (C=O) groups excluding carboxylic acids is 2. The second-order valence-corrected chi connectivity index (χ2v) is 6.81. The van der Waals surface area contributed by atoms with Gasteiger partial charge in [-0.1, -0.05) is 48.5 Å². The van der Waals surface area contributed by atoms with Crippen molar-refractivity contribution in [3.8, 4) is 0 Å². The van der Waals surface area contributed by atoms with Crippen LogP contribution in [0.1, 0.15) is 17.2 Å². The first-order valence-electron chi connectivity index (χ1n) is 9.32. The van der Waals surface area contributed by atoms with Gasteiger partial charge in [-0.3, -0.25) is 15.0 Å². The van der Waals surface area contributed by atoms with E-state index >= 15 is 0 Å². The Kier molecular flexibility index (Phi) is 6.62. The number of primary amides is 1. The summed E-state index contributed by atoms with van der Waals surface area (Å²) in [5.41, 5.74) is 8.22. The topological polar surface area (TPSA) is 87.9 Å². The smallest absolute Gasteiger partial charge is 0.318 e. The molecule has 1 aliphatic rings. The summed E-state index contributed by atoms with van der Waals surface area (Å²) in [4.78, 5) is 28.2. The first kappa shape index (κ1) is 19.9. The summed E-state index contributed by atoms with van der Waals surface area (Å²) in [5.74, 6) is -0.440. The number of hydrogen-bond donors (Lipinski definition) is 2. The number of benzene rings is 2. The van der Waals surface area contributed by atoms with Gasteiger partial charge in [0.05, 0.1) is 13.2 Å². The van der Waals surface area contributed by atoms with Gasteiger partial charge in [-0.15, -0.1) is 0 Å². The van der Waals surface area contributed by atoms with Crippen LogP contribution >= 0.6 is 0 Å². The molecular weight excluding hydrogens is 356 g/mol. The van der Waals surface area contributed by atoms with E-state index in [-0.39, 0.29) is 0 Å². The molecule has 0 spiro atoms. The Morgan fingerprint density at radius 1 is 1.11 bits per heavy atom. The molecule has 0 radical (unpaired) electrons. The van der Waals surface area contributed by atoms with Crippen molar-refractivity contribution in [1.82, 2.24) is 10.2 Å². The summed E-state index contributed by atoms with van der Waals surface area (Å²) in [7, 11) is 1.87. The minimum absolute atomic E-state index is 0.440. The molecule has 0 bridgehead atoms. The lowest BCUT2D eigenvalue weighted by Crippen LogP contribution is -2.43. The largest absolute Gasteiger partial charge is 0.378 e. The van der Waals surface area contributed by atoms with Crippen LogP contribution in [0.4, 0.5) is 10.5 Å². The number of morpholine rings is 1. The standard InChI is InChI=1S/C21H26N4O3/c1-24(19(20(26)23-21(22)27)16-7-3-2-4-8-16)15-17-9-5-6-10-18(17)25-11-13-28-14-12-25/h2-10,19H,11-15H2,1H3,(H3,22,23,26,27). The molecule has 2 aromatic carbocycles. The van der Waals surface area contributed by atoms with Crippen LogP contribution in [0, 0.1) is 0 Å².